The number of anilines is 2. The molecule has 0 saturated carbocycles. The normalized spacial score (nSPS) is 16.6. The van der Waals surface area contributed by atoms with Crippen LogP contribution in [0, 0.1) is 11.3 Å². The van der Waals surface area contributed by atoms with Crippen LogP contribution in [0.1, 0.15) is 18.4 Å². The van der Waals surface area contributed by atoms with Gasteiger partial charge in [0.05, 0.1) is 11.7 Å². The molecule has 5 heteroatoms. The summed E-state index contributed by atoms with van der Waals surface area (Å²) < 4.78 is 0. The lowest BCUT2D eigenvalue weighted by molar-refractivity contribution is 0.145. The van der Waals surface area contributed by atoms with Gasteiger partial charge in [0, 0.05) is 20.1 Å². The van der Waals surface area contributed by atoms with Crippen molar-refractivity contribution in [1.82, 2.24) is 4.98 Å². The highest BCUT2D eigenvalue weighted by Crippen LogP contribution is 2.21. The first-order chi connectivity index (χ1) is 8.24. The zero-order valence-electron chi connectivity index (χ0n) is 9.85. The van der Waals surface area contributed by atoms with E-state index < -0.39 is 0 Å². The molecule has 1 fully saturated rings. The number of hydrogen-bond acceptors (Lipinski definition) is 5. The molecular formula is C12H16N4O. The number of nitrogens with zero attached hydrogens (tertiary/aromatic N) is 3. The van der Waals surface area contributed by atoms with Gasteiger partial charge in [-0.2, -0.15) is 5.26 Å². The van der Waals surface area contributed by atoms with Gasteiger partial charge < -0.3 is 15.3 Å². The monoisotopic (exact) mass is 232 g/mol. The smallest absolute Gasteiger partial charge is 0.146 e. The largest absolute Gasteiger partial charge is 0.393 e. The van der Waals surface area contributed by atoms with E-state index in [1.165, 1.54) is 0 Å². The Kier molecular flexibility index (Phi) is 3.45. The molecule has 2 heterocycles. The van der Waals surface area contributed by atoms with E-state index in [4.69, 9.17) is 5.26 Å². The maximum Gasteiger partial charge on any atom is 0.146 e. The van der Waals surface area contributed by atoms with Crippen LogP contribution in [0.5, 0.6) is 0 Å². The van der Waals surface area contributed by atoms with Crippen LogP contribution in [-0.2, 0) is 0 Å². The minimum Gasteiger partial charge on any atom is -0.393 e. The minimum absolute atomic E-state index is 0.187. The molecule has 90 valence electrons. The summed E-state index contributed by atoms with van der Waals surface area (Å²) in [7, 11) is 1.76. The molecule has 2 N–H and O–H groups in total. The number of aliphatic hydroxyl groups is 1. The topological polar surface area (TPSA) is 72.2 Å². The van der Waals surface area contributed by atoms with Gasteiger partial charge in [0.15, 0.2) is 0 Å². The van der Waals surface area contributed by atoms with Crippen LogP contribution < -0.4 is 10.2 Å². The van der Waals surface area contributed by atoms with E-state index in [0.29, 0.717) is 11.4 Å². The highest BCUT2D eigenvalue weighted by molar-refractivity contribution is 5.57. The van der Waals surface area contributed by atoms with Crippen molar-refractivity contribution in [3.63, 3.8) is 0 Å². The van der Waals surface area contributed by atoms with Gasteiger partial charge in [0.2, 0.25) is 0 Å². The van der Waals surface area contributed by atoms with Crippen molar-refractivity contribution >= 4 is 11.6 Å². The first-order valence-corrected chi connectivity index (χ1v) is 5.76. The molecule has 1 saturated heterocycles. The fraction of sp³-hybridized carbons (Fsp3) is 0.500. The van der Waals surface area contributed by atoms with Gasteiger partial charge in [-0.15, -0.1) is 0 Å². The summed E-state index contributed by atoms with van der Waals surface area (Å²) in [6.07, 6.45) is 1.36. The number of aliphatic hydroxyl groups excluding tert-OH is 1. The fourth-order valence-corrected chi connectivity index (χ4v) is 2.00. The average Bonchev–Trinajstić information content (AvgIpc) is 2.39. The molecule has 17 heavy (non-hydrogen) atoms. The molecule has 1 aromatic heterocycles. The van der Waals surface area contributed by atoms with Gasteiger partial charge in [-0.25, -0.2) is 4.98 Å². The molecule has 1 aromatic rings. The zero-order chi connectivity index (χ0) is 12.3. The second-order valence-electron chi connectivity index (χ2n) is 4.15. The lowest BCUT2D eigenvalue weighted by Gasteiger charge is -2.30. The second kappa shape index (κ2) is 5.02. The average molecular weight is 232 g/mol. The second-order valence-corrected chi connectivity index (χ2v) is 4.15. The van der Waals surface area contributed by atoms with E-state index in [0.717, 1.165) is 31.7 Å². The Hall–Kier alpha value is -1.80. The van der Waals surface area contributed by atoms with Gasteiger partial charge in [-0.3, -0.25) is 0 Å². The molecule has 0 aliphatic carbocycles. The maximum atomic E-state index is 9.45. The van der Waals surface area contributed by atoms with Crippen LogP contribution >= 0.6 is 0 Å². The van der Waals surface area contributed by atoms with Crippen molar-refractivity contribution in [3.05, 3.63) is 17.7 Å². The number of nitriles is 1. The van der Waals surface area contributed by atoms with Gasteiger partial charge in [-0.1, -0.05) is 0 Å². The van der Waals surface area contributed by atoms with E-state index in [2.05, 4.69) is 21.3 Å². The van der Waals surface area contributed by atoms with Crippen LogP contribution in [-0.4, -0.2) is 36.3 Å². The summed E-state index contributed by atoms with van der Waals surface area (Å²) in [5.41, 5.74) is 0.549. The SMILES string of the molecule is CNc1nc(N2CCC(O)CC2)ccc1C#N. The number of piperidine rings is 1. The van der Waals surface area contributed by atoms with Crippen molar-refractivity contribution < 1.29 is 5.11 Å². The Balaban J connectivity index is 2.19. The number of hydrogen-bond donors (Lipinski definition) is 2. The molecule has 0 atom stereocenters. The summed E-state index contributed by atoms with van der Waals surface area (Å²) in [5.74, 6) is 1.47. The third-order valence-electron chi connectivity index (χ3n) is 3.03. The molecule has 1 aliphatic heterocycles. The van der Waals surface area contributed by atoms with E-state index in [9.17, 15) is 5.11 Å². The van der Waals surface area contributed by atoms with Gasteiger partial charge in [-0.05, 0) is 25.0 Å². The Morgan fingerprint density at radius 3 is 2.76 bits per heavy atom. The van der Waals surface area contributed by atoms with Crippen LogP contribution in [0.3, 0.4) is 0 Å². The maximum absolute atomic E-state index is 9.45. The van der Waals surface area contributed by atoms with Gasteiger partial charge in [0.1, 0.15) is 17.7 Å². The third kappa shape index (κ3) is 2.48. The fourth-order valence-electron chi connectivity index (χ4n) is 2.00. The molecule has 0 amide bonds. The first-order valence-electron chi connectivity index (χ1n) is 5.76. The number of pyridine rings is 1. The van der Waals surface area contributed by atoms with Crippen LogP contribution in [0.2, 0.25) is 0 Å². The number of nitrogens with one attached hydrogen (secondary N) is 1. The molecule has 0 unspecified atom stereocenters. The van der Waals surface area contributed by atoms with Crippen LogP contribution in [0.25, 0.3) is 0 Å². The van der Waals surface area contributed by atoms with E-state index in [-0.39, 0.29) is 6.10 Å². The highest BCUT2D eigenvalue weighted by Gasteiger charge is 2.18. The lowest BCUT2D eigenvalue weighted by Crippen LogP contribution is -2.36. The molecule has 0 aromatic carbocycles. The summed E-state index contributed by atoms with van der Waals surface area (Å²) >= 11 is 0. The Morgan fingerprint density at radius 1 is 1.47 bits per heavy atom. The predicted octanol–water partition coefficient (Wildman–Crippen LogP) is 0.956. The van der Waals surface area contributed by atoms with E-state index >= 15 is 0 Å². The van der Waals surface area contributed by atoms with Crippen molar-refractivity contribution in [3.8, 4) is 6.07 Å². The van der Waals surface area contributed by atoms with Gasteiger partial charge >= 0.3 is 0 Å². The van der Waals surface area contributed by atoms with Crippen molar-refractivity contribution in [2.75, 3.05) is 30.4 Å². The highest BCUT2D eigenvalue weighted by atomic mass is 16.3. The van der Waals surface area contributed by atoms with Crippen molar-refractivity contribution in [1.29, 1.82) is 5.26 Å². The Labute approximate surface area is 101 Å². The summed E-state index contributed by atoms with van der Waals surface area (Å²) in [5, 5.41) is 21.3. The Bertz CT molecular complexity index is 433. The standard InChI is InChI=1S/C12H16N4O/c1-14-12-9(8-13)2-3-11(15-12)16-6-4-10(17)5-7-16/h2-3,10,17H,4-7H2,1H3,(H,14,15). The quantitative estimate of drug-likeness (QED) is 0.794. The molecule has 2 rings (SSSR count). The van der Waals surface area contributed by atoms with Crippen LogP contribution in [0.4, 0.5) is 11.6 Å². The van der Waals surface area contributed by atoms with Crippen molar-refractivity contribution in [2.24, 2.45) is 0 Å². The summed E-state index contributed by atoms with van der Waals surface area (Å²) in [6, 6.07) is 5.74. The number of aromatic nitrogens is 1. The third-order valence-corrected chi connectivity index (χ3v) is 3.03. The molecule has 5 nitrogen and oxygen atoms in total. The zero-order valence-corrected chi connectivity index (χ0v) is 9.85. The first kappa shape index (κ1) is 11.7. The van der Waals surface area contributed by atoms with Gasteiger partial charge in [0.25, 0.3) is 0 Å². The van der Waals surface area contributed by atoms with Crippen LogP contribution in [0.15, 0.2) is 12.1 Å². The summed E-state index contributed by atoms with van der Waals surface area (Å²) in [6.45, 7) is 1.62. The number of rotatable bonds is 2. The predicted molar refractivity (Wildman–Crippen MR) is 66.0 cm³/mol. The molecule has 0 radical (unpaired) electrons. The molecular weight excluding hydrogens is 216 g/mol. The lowest BCUT2D eigenvalue weighted by atomic mass is 10.1. The molecule has 0 spiro atoms. The van der Waals surface area contributed by atoms with E-state index in [1.54, 1.807) is 13.1 Å². The summed E-state index contributed by atoms with van der Waals surface area (Å²) in [4.78, 5) is 6.56. The van der Waals surface area contributed by atoms with Crippen molar-refractivity contribution in [2.45, 2.75) is 18.9 Å². The molecule has 1 aliphatic rings. The Morgan fingerprint density at radius 2 is 2.18 bits per heavy atom. The molecule has 0 bridgehead atoms. The van der Waals surface area contributed by atoms with E-state index in [1.807, 2.05) is 6.07 Å². The minimum atomic E-state index is -0.187.